The van der Waals surface area contributed by atoms with Crippen LogP contribution in [0.25, 0.3) is 0 Å². The third-order valence-corrected chi connectivity index (χ3v) is 6.52. The van der Waals surface area contributed by atoms with E-state index in [1.807, 2.05) is 25.1 Å². The van der Waals surface area contributed by atoms with E-state index in [1.165, 1.54) is 0 Å². The smallest absolute Gasteiger partial charge is 0.245 e. The van der Waals surface area contributed by atoms with Crippen LogP contribution in [-0.2, 0) is 19.4 Å². The molecule has 136 valence electrons. The lowest BCUT2D eigenvalue weighted by Gasteiger charge is -2.34. The molecule has 1 aromatic carbocycles. The van der Waals surface area contributed by atoms with Gasteiger partial charge in [0, 0.05) is 19.1 Å². The lowest BCUT2D eigenvalue weighted by atomic mass is 9.95. The number of hydrogen-bond acceptors (Lipinski definition) is 5. The number of hydrogen-bond donors (Lipinski definition) is 2. The van der Waals surface area contributed by atoms with E-state index in [-0.39, 0.29) is 31.4 Å². The van der Waals surface area contributed by atoms with E-state index < -0.39 is 20.5 Å². The first-order valence-corrected chi connectivity index (χ1v) is 9.54. The molecule has 1 unspecified atom stereocenters. The Morgan fingerprint density at radius 3 is 2.50 bits per heavy atom. The fourth-order valence-electron chi connectivity index (χ4n) is 2.85. The molecule has 0 aromatic heterocycles. The summed E-state index contributed by atoms with van der Waals surface area (Å²) in [4.78, 5) is 12.7. The summed E-state index contributed by atoms with van der Waals surface area (Å²) >= 11 is 0. The third kappa shape index (κ3) is 4.27. The van der Waals surface area contributed by atoms with Gasteiger partial charge in [-0.2, -0.15) is 0 Å². The molecule has 1 atom stereocenters. The molecule has 2 rings (SSSR count). The monoisotopic (exact) mass is 376 g/mol. The number of ether oxygens (including phenoxy) is 1. The van der Waals surface area contributed by atoms with Crippen molar-refractivity contribution in [3.8, 4) is 0 Å². The molecule has 0 saturated carbocycles. The Morgan fingerprint density at radius 1 is 1.33 bits per heavy atom. The Labute approximate surface area is 149 Å². The second-order valence-electron chi connectivity index (χ2n) is 5.97. The number of nitrogens with one attached hydrogen (secondary N) is 2. The van der Waals surface area contributed by atoms with Gasteiger partial charge >= 0.3 is 0 Å². The molecule has 2 N–H and O–H groups in total. The number of carbonyl (C=O) groups excluding carboxylic acids is 1. The minimum atomic E-state index is -3.51. The van der Waals surface area contributed by atoms with Crippen LogP contribution in [0.4, 0.5) is 5.69 Å². The molecule has 1 aliphatic heterocycles. The Morgan fingerprint density at radius 2 is 1.96 bits per heavy atom. The standard InChI is InChI=1S/C16H24N2O4S.ClH/c1-12(22-2)13-5-4-6-14(11-13)18-15(19)16(23(3,20)21)7-9-17-10-8-16;/h4-6,11-12,17H,7-10H2,1-3H3,(H,18,19);1H. The zero-order valence-corrected chi connectivity index (χ0v) is 15.8. The minimum absolute atomic E-state index is 0. The van der Waals surface area contributed by atoms with Crippen LogP contribution in [-0.4, -0.2) is 45.5 Å². The van der Waals surface area contributed by atoms with Crippen molar-refractivity contribution in [1.82, 2.24) is 5.32 Å². The number of anilines is 1. The van der Waals surface area contributed by atoms with Gasteiger partial charge in [0.1, 0.15) is 0 Å². The SMILES string of the molecule is COC(C)c1cccc(NC(=O)C2(S(C)(=O)=O)CCNCC2)c1.Cl. The Balaban J connectivity index is 0.00000288. The molecule has 0 radical (unpaired) electrons. The summed E-state index contributed by atoms with van der Waals surface area (Å²) in [5, 5.41) is 5.88. The first kappa shape index (κ1) is 20.9. The summed E-state index contributed by atoms with van der Waals surface area (Å²) < 4.78 is 28.4. The second-order valence-corrected chi connectivity index (χ2v) is 8.30. The van der Waals surface area contributed by atoms with E-state index in [4.69, 9.17) is 4.74 Å². The van der Waals surface area contributed by atoms with E-state index in [9.17, 15) is 13.2 Å². The Bertz CT molecular complexity index is 672. The molecule has 0 bridgehead atoms. The van der Waals surface area contributed by atoms with Crippen molar-refractivity contribution in [3.05, 3.63) is 29.8 Å². The van der Waals surface area contributed by atoms with Crippen molar-refractivity contribution in [2.24, 2.45) is 0 Å². The van der Waals surface area contributed by atoms with Gasteiger partial charge in [0.2, 0.25) is 5.91 Å². The normalized spacial score (nSPS) is 18.3. The molecule has 1 fully saturated rings. The summed E-state index contributed by atoms with van der Waals surface area (Å²) in [5.74, 6) is -0.455. The zero-order chi connectivity index (χ0) is 17.1. The average molecular weight is 377 g/mol. The van der Waals surface area contributed by atoms with Gasteiger partial charge in [-0.15, -0.1) is 12.4 Å². The van der Waals surface area contributed by atoms with Crippen molar-refractivity contribution >= 4 is 33.8 Å². The number of carbonyl (C=O) groups is 1. The summed E-state index contributed by atoms with van der Waals surface area (Å²) in [6.07, 6.45) is 1.61. The zero-order valence-electron chi connectivity index (χ0n) is 14.2. The Hall–Kier alpha value is -1.15. The molecular weight excluding hydrogens is 352 g/mol. The first-order chi connectivity index (χ1) is 10.8. The Kier molecular flexibility index (Phi) is 7.22. The maximum absolute atomic E-state index is 12.7. The van der Waals surface area contributed by atoms with E-state index >= 15 is 0 Å². The predicted molar refractivity (Wildman–Crippen MR) is 97.4 cm³/mol. The molecule has 0 spiro atoms. The van der Waals surface area contributed by atoms with Gasteiger partial charge < -0.3 is 15.4 Å². The van der Waals surface area contributed by atoms with Crippen molar-refractivity contribution in [2.45, 2.75) is 30.6 Å². The lowest BCUT2D eigenvalue weighted by Crippen LogP contribution is -2.55. The number of benzene rings is 1. The maximum Gasteiger partial charge on any atom is 0.245 e. The van der Waals surface area contributed by atoms with Gasteiger partial charge in [-0.05, 0) is 50.6 Å². The number of piperidine rings is 1. The second kappa shape index (κ2) is 8.29. The largest absolute Gasteiger partial charge is 0.377 e. The van der Waals surface area contributed by atoms with Gasteiger partial charge in [0.25, 0.3) is 0 Å². The highest BCUT2D eigenvalue weighted by molar-refractivity contribution is 7.92. The molecular formula is C16H25ClN2O4S. The van der Waals surface area contributed by atoms with Crippen LogP contribution in [0.3, 0.4) is 0 Å². The summed E-state index contributed by atoms with van der Waals surface area (Å²) in [5.41, 5.74) is 1.50. The fraction of sp³-hybridized carbons (Fsp3) is 0.562. The van der Waals surface area contributed by atoms with Crippen LogP contribution in [0.1, 0.15) is 31.4 Å². The van der Waals surface area contributed by atoms with Crippen molar-refractivity contribution in [1.29, 1.82) is 0 Å². The molecule has 6 nitrogen and oxygen atoms in total. The molecule has 1 heterocycles. The topological polar surface area (TPSA) is 84.5 Å². The highest BCUT2D eigenvalue weighted by atomic mass is 35.5. The van der Waals surface area contributed by atoms with Crippen LogP contribution in [0.2, 0.25) is 0 Å². The number of methoxy groups -OCH3 is 1. The quantitative estimate of drug-likeness (QED) is 0.820. The molecule has 1 aliphatic rings. The fourth-order valence-corrected chi connectivity index (χ4v) is 4.18. The highest BCUT2D eigenvalue weighted by Crippen LogP contribution is 2.30. The van der Waals surface area contributed by atoms with Crippen LogP contribution < -0.4 is 10.6 Å². The van der Waals surface area contributed by atoms with Crippen molar-refractivity contribution < 1.29 is 17.9 Å². The molecule has 1 amide bonds. The van der Waals surface area contributed by atoms with Crippen LogP contribution in [0.5, 0.6) is 0 Å². The molecule has 24 heavy (non-hydrogen) atoms. The van der Waals surface area contributed by atoms with E-state index in [0.29, 0.717) is 18.8 Å². The van der Waals surface area contributed by atoms with Crippen LogP contribution in [0.15, 0.2) is 24.3 Å². The van der Waals surface area contributed by atoms with Crippen LogP contribution in [0, 0.1) is 0 Å². The van der Waals surface area contributed by atoms with Gasteiger partial charge in [0.15, 0.2) is 14.6 Å². The third-order valence-electron chi connectivity index (χ3n) is 4.50. The number of sulfone groups is 1. The lowest BCUT2D eigenvalue weighted by molar-refractivity contribution is -0.119. The van der Waals surface area contributed by atoms with E-state index in [1.54, 1.807) is 13.2 Å². The summed E-state index contributed by atoms with van der Waals surface area (Å²) in [7, 11) is -1.90. The molecule has 8 heteroatoms. The van der Waals surface area contributed by atoms with E-state index in [2.05, 4.69) is 10.6 Å². The number of amides is 1. The molecule has 0 aliphatic carbocycles. The molecule has 1 aromatic rings. The number of rotatable bonds is 5. The van der Waals surface area contributed by atoms with Crippen molar-refractivity contribution in [3.63, 3.8) is 0 Å². The summed E-state index contributed by atoms with van der Waals surface area (Å²) in [6.45, 7) is 2.94. The van der Waals surface area contributed by atoms with Gasteiger partial charge in [0.05, 0.1) is 6.10 Å². The summed E-state index contributed by atoms with van der Waals surface area (Å²) in [6, 6.07) is 7.28. The van der Waals surface area contributed by atoms with E-state index in [0.717, 1.165) is 11.8 Å². The maximum atomic E-state index is 12.7. The number of halogens is 1. The minimum Gasteiger partial charge on any atom is -0.377 e. The van der Waals surface area contributed by atoms with Gasteiger partial charge in [-0.3, -0.25) is 4.79 Å². The first-order valence-electron chi connectivity index (χ1n) is 7.65. The van der Waals surface area contributed by atoms with Gasteiger partial charge in [-0.25, -0.2) is 8.42 Å². The van der Waals surface area contributed by atoms with Crippen LogP contribution >= 0.6 is 12.4 Å². The average Bonchev–Trinajstić information content (AvgIpc) is 2.54. The van der Waals surface area contributed by atoms with Gasteiger partial charge in [-0.1, -0.05) is 12.1 Å². The predicted octanol–water partition coefficient (Wildman–Crippen LogP) is 1.92. The van der Waals surface area contributed by atoms with Crippen molar-refractivity contribution in [2.75, 3.05) is 31.8 Å². The molecule has 1 saturated heterocycles. The highest BCUT2D eigenvalue weighted by Gasteiger charge is 2.48.